The quantitative estimate of drug-likeness (QED) is 0.609. The van der Waals surface area contributed by atoms with Crippen LogP contribution < -0.4 is 5.32 Å². The lowest BCUT2D eigenvalue weighted by atomic mass is 10.1. The average Bonchev–Trinajstić information content (AvgIpc) is 2.27. The highest BCUT2D eigenvalue weighted by Gasteiger charge is 2.32. The van der Waals surface area contributed by atoms with E-state index in [1.54, 1.807) is 0 Å². The minimum absolute atomic E-state index is 0.00694. The van der Waals surface area contributed by atoms with E-state index in [1.165, 1.54) is 6.92 Å². The van der Waals surface area contributed by atoms with Crippen molar-refractivity contribution in [2.45, 2.75) is 37.2 Å². The molecule has 6 heteroatoms. The van der Waals surface area contributed by atoms with Crippen molar-refractivity contribution in [2.75, 3.05) is 6.61 Å². The van der Waals surface area contributed by atoms with E-state index in [0.717, 1.165) is 0 Å². The summed E-state index contributed by atoms with van der Waals surface area (Å²) in [5.41, 5.74) is 0. The molecule has 86 valence electrons. The van der Waals surface area contributed by atoms with Crippen molar-refractivity contribution in [1.82, 2.24) is 5.32 Å². The summed E-state index contributed by atoms with van der Waals surface area (Å²) >= 11 is 3.37. The normalized spacial score (nSPS) is 28.3. The Morgan fingerprint density at radius 1 is 1.73 bits per heavy atom. The molecule has 0 aromatic heterocycles. The second-order valence-electron chi connectivity index (χ2n) is 3.42. The molecule has 1 rings (SSSR count). The molecule has 1 amide bonds. The topological polar surface area (TPSA) is 64.6 Å². The maximum atomic E-state index is 11.1. The number of rotatable bonds is 2. The summed E-state index contributed by atoms with van der Waals surface area (Å²) in [6, 6.07) is -0.260. The first kappa shape index (κ1) is 12.3. The van der Waals surface area contributed by atoms with Gasteiger partial charge in [0.05, 0.1) is 12.6 Å². The van der Waals surface area contributed by atoms with Crippen LogP contribution in [0.15, 0.2) is 0 Å². The third-order valence-electron chi connectivity index (χ3n) is 2.13. The van der Waals surface area contributed by atoms with Gasteiger partial charge in [0.25, 0.3) is 0 Å². The summed E-state index contributed by atoms with van der Waals surface area (Å²) in [5, 5.41) is 2.65. The lowest BCUT2D eigenvalue weighted by molar-refractivity contribution is -0.147. The zero-order chi connectivity index (χ0) is 11.4. The maximum absolute atomic E-state index is 11.1. The van der Waals surface area contributed by atoms with Crippen LogP contribution in [0, 0.1) is 0 Å². The van der Waals surface area contributed by atoms with Gasteiger partial charge in [-0.05, 0) is 0 Å². The van der Waals surface area contributed by atoms with E-state index in [9.17, 15) is 9.59 Å². The molecule has 1 N–H and O–H groups in total. The predicted octanol–water partition coefficient (Wildman–Crippen LogP) is 1.20. The molecule has 0 radical (unpaired) electrons. The van der Waals surface area contributed by atoms with Crippen molar-refractivity contribution in [3.8, 4) is 0 Å². The monoisotopic (exact) mass is 279 g/mol. The molecule has 0 saturated carbocycles. The van der Waals surface area contributed by atoms with Crippen LogP contribution >= 0.6 is 15.9 Å². The first-order valence-corrected chi connectivity index (χ1v) is 5.67. The number of carbonyl (C=O) groups excluding carboxylic acids is 2. The molecule has 0 spiro atoms. The molecule has 0 aliphatic carbocycles. The van der Waals surface area contributed by atoms with E-state index in [1.807, 2.05) is 6.92 Å². The number of alkyl carbamates (subject to hydrolysis) is 1. The number of amides is 1. The fourth-order valence-electron chi connectivity index (χ4n) is 1.47. The summed E-state index contributed by atoms with van der Waals surface area (Å²) in [6.45, 7) is 3.50. The predicted molar refractivity (Wildman–Crippen MR) is 56.8 cm³/mol. The van der Waals surface area contributed by atoms with Crippen LogP contribution in [0.5, 0.6) is 0 Å². The molecule has 1 aliphatic heterocycles. The number of carbonyl (C=O) groups is 2. The largest absolute Gasteiger partial charge is 0.460 e. The Morgan fingerprint density at radius 3 is 2.93 bits per heavy atom. The second kappa shape index (κ2) is 5.34. The van der Waals surface area contributed by atoms with Crippen LogP contribution in [-0.2, 0) is 14.3 Å². The highest BCUT2D eigenvalue weighted by molar-refractivity contribution is 9.09. The minimum atomic E-state index is -0.471. The summed E-state index contributed by atoms with van der Waals surface area (Å²) in [5.74, 6) is -0.353. The number of hydrogen-bond acceptors (Lipinski definition) is 4. The second-order valence-corrected chi connectivity index (χ2v) is 4.86. The van der Waals surface area contributed by atoms with Gasteiger partial charge in [-0.3, -0.25) is 4.79 Å². The van der Waals surface area contributed by atoms with E-state index < -0.39 is 6.09 Å². The molecule has 0 aromatic carbocycles. The van der Waals surface area contributed by atoms with E-state index in [4.69, 9.17) is 9.47 Å². The van der Waals surface area contributed by atoms with Crippen LogP contribution in [0.4, 0.5) is 4.79 Å². The standard InChI is InChI=1S/C9H14BrNO4/c1-5(10)8-7(15-6(2)12)3-4-14-9(13)11-8/h5,7-8H,3-4H2,1-2H3,(H,11,13)/t5-,7+,8?/m0/s1. The Hall–Kier alpha value is -0.780. The van der Waals surface area contributed by atoms with Crippen molar-refractivity contribution in [3.63, 3.8) is 0 Å². The molecule has 15 heavy (non-hydrogen) atoms. The molecule has 1 aliphatic rings. The number of halogens is 1. The molecule has 5 nitrogen and oxygen atoms in total. The van der Waals surface area contributed by atoms with Gasteiger partial charge < -0.3 is 14.8 Å². The number of hydrogen-bond donors (Lipinski definition) is 1. The smallest absolute Gasteiger partial charge is 0.407 e. The van der Waals surface area contributed by atoms with Gasteiger partial charge in [-0.1, -0.05) is 22.9 Å². The van der Waals surface area contributed by atoms with Crippen molar-refractivity contribution < 1.29 is 19.1 Å². The Bertz CT molecular complexity index is 256. The molecule has 0 bridgehead atoms. The Kier molecular flexibility index (Phi) is 4.38. The van der Waals surface area contributed by atoms with E-state index in [-0.39, 0.29) is 29.5 Å². The number of ether oxygens (including phenoxy) is 2. The minimum Gasteiger partial charge on any atom is -0.460 e. The van der Waals surface area contributed by atoms with Gasteiger partial charge in [-0.25, -0.2) is 4.79 Å². The molecule has 3 atom stereocenters. The highest BCUT2D eigenvalue weighted by Crippen LogP contribution is 2.17. The van der Waals surface area contributed by atoms with Crippen molar-refractivity contribution in [2.24, 2.45) is 0 Å². The van der Waals surface area contributed by atoms with Crippen molar-refractivity contribution in [3.05, 3.63) is 0 Å². The lowest BCUT2D eigenvalue weighted by Gasteiger charge is -2.25. The summed E-state index contributed by atoms with van der Waals surface area (Å²) in [6.07, 6.45) is -0.303. The van der Waals surface area contributed by atoms with Crippen molar-refractivity contribution >= 4 is 28.0 Å². The Balaban J connectivity index is 2.70. The molecule has 0 aromatic rings. The van der Waals surface area contributed by atoms with Gasteiger partial charge in [-0.15, -0.1) is 0 Å². The highest BCUT2D eigenvalue weighted by atomic mass is 79.9. The van der Waals surface area contributed by atoms with Gasteiger partial charge in [0.1, 0.15) is 6.10 Å². The van der Waals surface area contributed by atoms with E-state index in [2.05, 4.69) is 21.2 Å². The lowest BCUT2D eigenvalue weighted by Crippen LogP contribution is -2.47. The van der Waals surface area contributed by atoms with Gasteiger partial charge in [0.2, 0.25) is 0 Å². The van der Waals surface area contributed by atoms with Crippen LogP contribution in [0.2, 0.25) is 0 Å². The third kappa shape index (κ3) is 3.70. The summed E-state index contributed by atoms with van der Waals surface area (Å²) in [4.78, 5) is 22.0. The zero-order valence-corrected chi connectivity index (χ0v) is 10.2. The Labute approximate surface area is 96.6 Å². The van der Waals surface area contributed by atoms with Crippen LogP contribution in [0.3, 0.4) is 0 Å². The molecule has 1 saturated heterocycles. The summed E-state index contributed by atoms with van der Waals surface area (Å²) < 4.78 is 9.96. The van der Waals surface area contributed by atoms with Gasteiger partial charge in [0.15, 0.2) is 0 Å². The van der Waals surface area contributed by atoms with Crippen LogP contribution in [0.1, 0.15) is 20.3 Å². The number of cyclic esters (lactones) is 1. The van der Waals surface area contributed by atoms with Gasteiger partial charge in [-0.2, -0.15) is 0 Å². The molecule has 1 fully saturated rings. The molecule has 1 unspecified atom stereocenters. The zero-order valence-electron chi connectivity index (χ0n) is 8.66. The molecular weight excluding hydrogens is 266 g/mol. The number of alkyl halides is 1. The molecule has 1 heterocycles. The van der Waals surface area contributed by atoms with Crippen molar-refractivity contribution in [1.29, 1.82) is 0 Å². The maximum Gasteiger partial charge on any atom is 0.407 e. The third-order valence-corrected chi connectivity index (χ3v) is 2.70. The summed E-state index contributed by atoms with van der Waals surface area (Å²) in [7, 11) is 0. The first-order valence-electron chi connectivity index (χ1n) is 4.75. The van der Waals surface area contributed by atoms with Crippen LogP contribution in [0.25, 0.3) is 0 Å². The van der Waals surface area contributed by atoms with E-state index in [0.29, 0.717) is 6.42 Å². The average molecular weight is 280 g/mol. The fraction of sp³-hybridized carbons (Fsp3) is 0.778. The molecular formula is C9H14BrNO4. The van der Waals surface area contributed by atoms with E-state index >= 15 is 0 Å². The number of esters is 1. The fourth-order valence-corrected chi connectivity index (χ4v) is 1.95. The van der Waals surface area contributed by atoms with Gasteiger partial charge >= 0.3 is 12.1 Å². The van der Waals surface area contributed by atoms with Crippen LogP contribution in [-0.4, -0.2) is 35.6 Å². The number of nitrogens with one attached hydrogen (secondary N) is 1. The van der Waals surface area contributed by atoms with Gasteiger partial charge in [0, 0.05) is 18.2 Å². The Morgan fingerprint density at radius 2 is 2.40 bits per heavy atom. The SMILES string of the molecule is CC(=O)O[C@@H]1CCOC(=O)NC1[C@H](C)Br. The first-order chi connectivity index (χ1) is 7.00.